The summed E-state index contributed by atoms with van der Waals surface area (Å²) in [5.74, 6) is 0.954. The van der Waals surface area contributed by atoms with Crippen molar-refractivity contribution in [1.29, 1.82) is 0 Å². The molecule has 0 bridgehead atoms. The molecule has 1 rings (SSSR count). The molecule has 0 fully saturated rings. The molecule has 0 spiro atoms. The third-order valence-corrected chi connectivity index (χ3v) is 5.37. The number of likely N-dealkylation sites (N-methyl/N-ethyl adjacent to an activating group) is 1. The lowest BCUT2D eigenvalue weighted by molar-refractivity contribution is 0.233. The van der Waals surface area contributed by atoms with Gasteiger partial charge in [0.05, 0.1) is 16.8 Å². The highest BCUT2D eigenvalue weighted by molar-refractivity contribution is 14.1. The monoisotopic (exact) mass is 419 g/mol. The third-order valence-electron chi connectivity index (χ3n) is 3.95. The van der Waals surface area contributed by atoms with E-state index in [1.807, 2.05) is 7.05 Å². The Kier molecular flexibility index (Phi) is 10.1. The van der Waals surface area contributed by atoms with E-state index in [1.165, 1.54) is 31.2 Å². The minimum atomic E-state index is -0.231. The van der Waals surface area contributed by atoms with Crippen LogP contribution in [0.25, 0.3) is 0 Å². The lowest BCUT2D eigenvalue weighted by Gasteiger charge is -2.24. The molecule has 0 aliphatic carbocycles. The van der Waals surface area contributed by atoms with Gasteiger partial charge in [-0.2, -0.15) is 0 Å². The van der Waals surface area contributed by atoms with Crippen LogP contribution in [0.4, 0.5) is 0 Å². The van der Waals surface area contributed by atoms with E-state index in [-0.39, 0.29) is 10.2 Å². The molecule has 2 N–H and O–H groups in total. The van der Waals surface area contributed by atoms with Gasteiger partial charge in [-0.15, -0.1) is 0 Å². The first-order chi connectivity index (χ1) is 10.6. The maximum absolute atomic E-state index is 9.39. The van der Waals surface area contributed by atoms with Crippen molar-refractivity contribution < 1.29 is 9.84 Å². The van der Waals surface area contributed by atoms with E-state index < -0.39 is 0 Å². The summed E-state index contributed by atoms with van der Waals surface area (Å²) in [6, 6.07) is 8.34. The summed E-state index contributed by atoms with van der Waals surface area (Å²) < 4.78 is 5.54. The van der Waals surface area contributed by atoms with Gasteiger partial charge >= 0.3 is 0 Å². The second-order valence-corrected chi connectivity index (χ2v) is 7.85. The molecule has 0 saturated carbocycles. The van der Waals surface area contributed by atoms with Gasteiger partial charge in [0.25, 0.3) is 0 Å². The molecule has 4 heteroatoms. The summed E-state index contributed by atoms with van der Waals surface area (Å²) in [7, 11) is 1.89. The molecular weight excluding hydrogens is 389 g/mol. The number of ether oxygens (including phenoxy) is 1. The van der Waals surface area contributed by atoms with E-state index >= 15 is 0 Å². The highest BCUT2D eigenvalue weighted by Crippen LogP contribution is 2.22. The van der Waals surface area contributed by atoms with Crippen LogP contribution in [0.15, 0.2) is 24.3 Å². The van der Waals surface area contributed by atoms with Crippen molar-refractivity contribution in [2.75, 3.05) is 20.3 Å². The smallest absolute Gasteiger partial charge is 0.119 e. The number of unbranched alkanes of at least 4 members (excludes halogenated alkanes) is 4. The number of rotatable bonds is 12. The van der Waals surface area contributed by atoms with Gasteiger partial charge in [0, 0.05) is 0 Å². The number of nitrogens with one attached hydrogen (secondary N) is 1. The molecule has 1 aromatic rings. The van der Waals surface area contributed by atoms with Crippen LogP contribution in [0.3, 0.4) is 0 Å². The first-order valence-corrected chi connectivity index (χ1v) is 9.42. The number of aliphatic hydroxyl groups is 1. The van der Waals surface area contributed by atoms with Gasteiger partial charge in [-0.1, -0.05) is 67.3 Å². The van der Waals surface area contributed by atoms with Gasteiger partial charge in [-0.25, -0.2) is 0 Å². The zero-order valence-corrected chi connectivity index (χ0v) is 16.1. The summed E-state index contributed by atoms with van der Waals surface area (Å²) in [6.45, 7) is 3.19. The van der Waals surface area contributed by atoms with Crippen LogP contribution in [0, 0.1) is 0 Å². The predicted octanol–water partition coefficient (Wildman–Crippen LogP) is 4.31. The second-order valence-electron chi connectivity index (χ2n) is 5.78. The molecule has 0 heterocycles. The second kappa shape index (κ2) is 11.2. The van der Waals surface area contributed by atoms with Gasteiger partial charge in [-0.05, 0) is 44.0 Å². The Balaban J connectivity index is 2.28. The minimum absolute atomic E-state index is 0.142. The summed E-state index contributed by atoms with van der Waals surface area (Å²) in [5.41, 5.74) is 1.28. The summed E-state index contributed by atoms with van der Waals surface area (Å²) >= 11 is 2.28. The Morgan fingerprint density at radius 3 is 2.41 bits per heavy atom. The average molecular weight is 419 g/mol. The van der Waals surface area contributed by atoms with Crippen LogP contribution >= 0.6 is 22.6 Å². The van der Waals surface area contributed by atoms with E-state index in [0.717, 1.165) is 31.6 Å². The maximum atomic E-state index is 9.39. The lowest BCUT2D eigenvalue weighted by Crippen LogP contribution is -2.40. The Morgan fingerprint density at radius 1 is 1.14 bits per heavy atom. The number of hydrogen-bond acceptors (Lipinski definition) is 3. The number of aryl methyl sites for hydroxylation is 1. The Bertz CT molecular complexity index is 391. The fourth-order valence-electron chi connectivity index (χ4n) is 2.27. The van der Waals surface area contributed by atoms with Crippen LogP contribution in [0.2, 0.25) is 0 Å². The minimum Gasteiger partial charge on any atom is -0.494 e. The van der Waals surface area contributed by atoms with Crippen molar-refractivity contribution in [1.82, 2.24) is 5.32 Å². The highest BCUT2D eigenvalue weighted by Gasteiger charge is 2.22. The Morgan fingerprint density at radius 2 is 1.82 bits per heavy atom. The predicted molar refractivity (Wildman–Crippen MR) is 102 cm³/mol. The van der Waals surface area contributed by atoms with Crippen LogP contribution in [-0.2, 0) is 6.42 Å². The van der Waals surface area contributed by atoms with E-state index in [0.29, 0.717) is 0 Å². The zero-order valence-electron chi connectivity index (χ0n) is 13.9. The van der Waals surface area contributed by atoms with Gasteiger partial charge < -0.3 is 15.2 Å². The first-order valence-electron chi connectivity index (χ1n) is 8.34. The van der Waals surface area contributed by atoms with E-state index in [9.17, 15) is 5.11 Å². The summed E-state index contributed by atoms with van der Waals surface area (Å²) in [5, 5.41) is 12.6. The normalized spacial score (nSPS) is 13.8. The van der Waals surface area contributed by atoms with Crippen LogP contribution in [0.1, 0.15) is 51.0 Å². The molecule has 1 atom stereocenters. The molecule has 0 aliphatic heterocycles. The molecule has 0 aliphatic rings. The van der Waals surface area contributed by atoms with Gasteiger partial charge in [0.1, 0.15) is 5.75 Å². The molecule has 0 amide bonds. The van der Waals surface area contributed by atoms with Gasteiger partial charge in [0.2, 0.25) is 0 Å². The van der Waals surface area contributed by atoms with Crippen LogP contribution in [-0.4, -0.2) is 28.9 Å². The molecule has 0 aromatic heterocycles. The SMILES string of the molecule is CCCCCCCOc1ccc(CC[C@](I)(CO)NC)cc1. The highest BCUT2D eigenvalue weighted by atomic mass is 127. The number of alkyl halides is 1. The van der Waals surface area contributed by atoms with Gasteiger partial charge in [0.15, 0.2) is 0 Å². The van der Waals surface area contributed by atoms with Crippen molar-refractivity contribution in [3.05, 3.63) is 29.8 Å². The molecule has 0 unspecified atom stereocenters. The van der Waals surface area contributed by atoms with Crippen molar-refractivity contribution in [3.63, 3.8) is 0 Å². The Labute approximate surface area is 149 Å². The number of aliphatic hydroxyl groups excluding tert-OH is 1. The van der Waals surface area contributed by atoms with Crippen LogP contribution < -0.4 is 10.1 Å². The topological polar surface area (TPSA) is 41.5 Å². The van der Waals surface area contributed by atoms with Crippen molar-refractivity contribution in [2.24, 2.45) is 0 Å². The zero-order chi connectivity index (χ0) is 16.3. The molecule has 1 aromatic carbocycles. The van der Waals surface area contributed by atoms with E-state index in [1.54, 1.807) is 0 Å². The summed E-state index contributed by atoms with van der Waals surface area (Å²) in [4.78, 5) is 0. The van der Waals surface area contributed by atoms with Crippen molar-refractivity contribution in [3.8, 4) is 5.75 Å². The molecule has 22 heavy (non-hydrogen) atoms. The van der Waals surface area contributed by atoms with Crippen molar-refractivity contribution >= 4 is 22.6 Å². The Hall–Kier alpha value is -0.330. The van der Waals surface area contributed by atoms with Crippen molar-refractivity contribution in [2.45, 2.75) is 55.4 Å². The fourth-order valence-corrected chi connectivity index (χ4v) is 2.54. The third kappa shape index (κ3) is 7.79. The average Bonchev–Trinajstić information content (AvgIpc) is 2.57. The molecular formula is C18H30INO2. The maximum Gasteiger partial charge on any atom is 0.119 e. The number of benzene rings is 1. The molecule has 3 nitrogen and oxygen atoms in total. The molecule has 0 radical (unpaired) electrons. The first kappa shape index (κ1) is 19.7. The van der Waals surface area contributed by atoms with E-state index in [2.05, 4.69) is 59.1 Å². The largest absolute Gasteiger partial charge is 0.494 e. The number of halogens is 1. The fraction of sp³-hybridized carbons (Fsp3) is 0.667. The lowest BCUT2D eigenvalue weighted by atomic mass is 10.1. The molecule has 0 saturated heterocycles. The van der Waals surface area contributed by atoms with E-state index in [4.69, 9.17) is 4.74 Å². The van der Waals surface area contributed by atoms with Gasteiger partial charge in [-0.3, -0.25) is 0 Å². The quantitative estimate of drug-likeness (QED) is 0.230. The summed E-state index contributed by atoms with van der Waals surface area (Å²) in [6.07, 6.45) is 8.16. The molecule has 126 valence electrons. The number of hydrogen-bond donors (Lipinski definition) is 2. The van der Waals surface area contributed by atoms with Crippen LogP contribution in [0.5, 0.6) is 5.75 Å². The standard InChI is InChI=1S/C18H30INO2/c1-3-4-5-6-7-14-22-17-10-8-16(9-11-17)12-13-18(19,15-21)20-2/h8-11,20-21H,3-7,12-15H2,1-2H3/t18-/m1/s1.